The van der Waals surface area contributed by atoms with Gasteiger partial charge in [0.25, 0.3) is 15.8 Å². The van der Waals surface area contributed by atoms with E-state index < -0.39 is 15.0 Å². The van der Waals surface area contributed by atoms with Crippen molar-refractivity contribution in [2.45, 2.75) is 13.3 Å². The van der Waals surface area contributed by atoms with Crippen LogP contribution in [0.25, 0.3) is 0 Å². The summed E-state index contributed by atoms with van der Waals surface area (Å²) in [4.78, 5) is 10.1. The van der Waals surface area contributed by atoms with Crippen LogP contribution in [0.2, 0.25) is 0 Å². The maximum absolute atomic E-state index is 10.7. The van der Waals surface area contributed by atoms with E-state index >= 15 is 0 Å². The first-order valence-electron chi connectivity index (χ1n) is 4.88. The lowest BCUT2D eigenvalue weighted by Crippen LogP contribution is -2.06. The Morgan fingerprint density at radius 2 is 2.06 bits per heavy atom. The molecule has 7 heteroatoms. The maximum Gasteiger partial charge on any atom is 0.272 e. The van der Waals surface area contributed by atoms with Gasteiger partial charge in [-0.3, -0.25) is 14.3 Å². The fourth-order valence-electron chi connectivity index (χ4n) is 1.39. The van der Waals surface area contributed by atoms with Crippen LogP contribution in [0, 0.1) is 17.0 Å². The highest BCUT2D eigenvalue weighted by Gasteiger charge is 2.10. The fraction of sp³-hybridized carbons (Fsp3) is 0.400. The summed E-state index contributed by atoms with van der Waals surface area (Å²) in [5.41, 5.74) is 1.40. The van der Waals surface area contributed by atoms with Crippen molar-refractivity contribution in [2.75, 3.05) is 12.9 Å². The highest BCUT2D eigenvalue weighted by Crippen LogP contribution is 2.19. The summed E-state index contributed by atoms with van der Waals surface area (Å²) >= 11 is 0. The summed E-state index contributed by atoms with van der Waals surface area (Å²) in [6.45, 7) is 1.68. The zero-order valence-corrected chi connectivity index (χ0v) is 10.4. The second-order valence-electron chi connectivity index (χ2n) is 3.65. The molecule has 1 rings (SSSR count). The number of hydrogen-bond donors (Lipinski definition) is 0. The molecule has 0 atom stereocenters. The molecule has 0 radical (unpaired) electrons. The second-order valence-corrected chi connectivity index (χ2v) is 5.30. The number of nitro groups is 1. The van der Waals surface area contributed by atoms with Crippen LogP contribution in [0.4, 0.5) is 5.69 Å². The number of rotatable bonds is 5. The second kappa shape index (κ2) is 5.24. The van der Waals surface area contributed by atoms with Gasteiger partial charge in [-0.2, -0.15) is 8.42 Å². The molecule has 0 bridgehead atoms. The number of nitrogens with zero attached hydrogens (tertiary/aromatic N) is 1. The average Bonchev–Trinajstić information content (AvgIpc) is 2.15. The van der Waals surface area contributed by atoms with Gasteiger partial charge in [0.05, 0.1) is 17.8 Å². The van der Waals surface area contributed by atoms with Gasteiger partial charge in [0.15, 0.2) is 0 Å². The van der Waals surface area contributed by atoms with Crippen LogP contribution in [0.3, 0.4) is 0 Å². The number of nitro benzene ring substituents is 1. The van der Waals surface area contributed by atoms with Crippen molar-refractivity contribution in [2.24, 2.45) is 0 Å². The molecule has 0 aliphatic rings. The average molecular weight is 259 g/mol. The summed E-state index contributed by atoms with van der Waals surface area (Å²) in [7, 11) is -3.43. The van der Waals surface area contributed by atoms with Crippen molar-refractivity contribution >= 4 is 15.8 Å². The third kappa shape index (κ3) is 4.49. The van der Waals surface area contributed by atoms with Crippen molar-refractivity contribution in [3.63, 3.8) is 0 Å². The van der Waals surface area contributed by atoms with Gasteiger partial charge in [0, 0.05) is 11.6 Å². The molecule has 0 spiro atoms. The highest BCUT2D eigenvalue weighted by molar-refractivity contribution is 7.85. The van der Waals surface area contributed by atoms with Gasteiger partial charge in [-0.15, -0.1) is 0 Å². The Balaban J connectivity index is 2.68. The van der Waals surface area contributed by atoms with Crippen LogP contribution in [0.5, 0.6) is 0 Å². The number of aryl methyl sites for hydroxylation is 1. The molecule has 0 aliphatic heterocycles. The highest BCUT2D eigenvalue weighted by atomic mass is 32.2. The lowest BCUT2D eigenvalue weighted by atomic mass is 10.1. The molecular weight excluding hydrogens is 246 g/mol. The minimum Gasteiger partial charge on any atom is -0.270 e. The molecule has 1 aromatic carbocycles. The topological polar surface area (TPSA) is 86.5 Å². The minimum absolute atomic E-state index is 0.0378. The standard InChI is InChI=1S/C10H13NO5S/c1-8-7-9(3-4-10(8)11(12)13)5-6-16-17(2,14)15/h3-4,7H,5-6H2,1-2H3. The number of hydrogen-bond acceptors (Lipinski definition) is 5. The van der Waals surface area contributed by atoms with Crippen LogP contribution in [-0.2, 0) is 20.7 Å². The predicted octanol–water partition coefficient (Wildman–Crippen LogP) is 1.42. The molecule has 0 saturated carbocycles. The third-order valence-corrected chi connectivity index (χ3v) is 2.74. The smallest absolute Gasteiger partial charge is 0.270 e. The Hall–Kier alpha value is -1.47. The van der Waals surface area contributed by atoms with Crippen LogP contribution in [-0.4, -0.2) is 26.2 Å². The van der Waals surface area contributed by atoms with Crippen molar-refractivity contribution in [1.29, 1.82) is 0 Å². The minimum atomic E-state index is -3.43. The van der Waals surface area contributed by atoms with E-state index in [2.05, 4.69) is 4.18 Å². The largest absolute Gasteiger partial charge is 0.272 e. The van der Waals surface area contributed by atoms with E-state index in [4.69, 9.17) is 0 Å². The summed E-state index contributed by atoms with van der Waals surface area (Å²) in [5, 5.41) is 10.6. The zero-order chi connectivity index (χ0) is 13.1. The van der Waals surface area contributed by atoms with Crippen LogP contribution in [0.1, 0.15) is 11.1 Å². The van der Waals surface area contributed by atoms with Crippen molar-refractivity contribution < 1.29 is 17.5 Å². The Labute approximate surface area is 99.5 Å². The van der Waals surface area contributed by atoms with Crippen molar-refractivity contribution in [3.05, 3.63) is 39.4 Å². The van der Waals surface area contributed by atoms with Crippen LogP contribution >= 0.6 is 0 Å². The van der Waals surface area contributed by atoms with Gasteiger partial charge in [-0.25, -0.2) is 0 Å². The molecule has 94 valence electrons. The van der Waals surface area contributed by atoms with E-state index in [0.717, 1.165) is 11.8 Å². The SMILES string of the molecule is Cc1cc(CCOS(C)(=O)=O)ccc1[N+](=O)[O-]. The summed E-state index contributed by atoms with van der Waals surface area (Å²) in [6.07, 6.45) is 1.37. The van der Waals surface area contributed by atoms with E-state index in [1.54, 1.807) is 19.1 Å². The molecule has 0 fully saturated rings. The van der Waals surface area contributed by atoms with Gasteiger partial charge in [-0.1, -0.05) is 6.07 Å². The number of benzene rings is 1. The van der Waals surface area contributed by atoms with E-state index in [1.165, 1.54) is 6.07 Å². The first-order chi connectivity index (χ1) is 7.79. The zero-order valence-electron chi connectivity index (χ0n) is 9.54. The Kier molecular flexibility index (Phi) is 4.19. The molecule has 6 nitrogen and oxygen atoms in total. The Morgan fingerprint density at radius 1 is 1.41 bits per heavy atom. The van der Waals surface area contributed by atoms with E-state index in [9.17, 15) is 18.5 Å². The quantitative estimate of drug-likeness (QED) is 0.453. The molecule has 0 amide bonds. The molecule has 17 heavy (non-hydrogen) atoms. The van der Waals surface area contributed by atoms with E-state index in [0.29, 0.717) is 12.0 Å². The third-order valence-electron chi connectivity index (χ3n) is 2.15. The summed E-state index contributed by atoms with van der Waals surface area (Å²) < 4.78 is 26.0. The van der Waals surface area contributed by atoms with Crippen LogP contribution < -0.4 is 0 Å². The summed E-state index contributed by atoms with van der Waals surface area (Å²) in [5.74, 6) is 0. The molecule has 0 aliphatic carbocycles. The van der Waals surface area contributed by atoms with Gasteiger partial charge >= 0.3 is 0 Å². The van der Waals surface area contributed by atoms with Gasteiger partial charge in [0.2, 0.25) is 0 Å². The van der Waals surface area contributed by atoms with Crippen molar-refractivity contribution in [1.82, 2.24) is 0 Å². The molecule has 0 unspecified atom stereocenters. The van der Waals surface area contributed by atoms with Gasteiger partial charge in [-0.05, 0) is 25.0 Å². The Morgan fingerprint density at radius 3 is 2.53 bits per heavy atom. The van der Waals surface area contributed by atoms with Crippen molar-refractivity contribution in [3.8, 4) is 0 Å². The lowest BCUT2D eigenvalue weighted by molar-refractivity contribution is -0.385. The monoisotopic (exact) mass is 259 g/mol. The molecular formula is C10H13NO5S. The predicted molar refractivity (Wildman–Crippen MR) is 62.3 cm³/mol. The molecule has 0 N–H and O–H groups in total. The molecule has 1 aromatic rings. The molecule has 0 heterocycles. The maximum atomic E-state index is 10.7. The Bertz CT molecular complexity index is 523. The van der Waals surface area contributed by atoms with Gasteiger partial charge < -0.3 is 0 Å². The van der Waals surface area contributed by atoms with E-state index in [-0.39, 0.29) is 12.3 Å². The first-order valence-corrected chi connectivity index (χ1v) is 6.69. The summed E-state index contributed by atoms with van der Waals surface area (Å²) in [6, 6.07) is 4.66. The molecule has 0 aromatic heterocycles. The normalized spacial score (nSPS) is 11.4. The lowest BCUT2D eigenvalue weighted by Gasteiger charge is -2.03. The first kappa shape index (κ1) is 13.6. The van der Waals surface area contributed by atoms with E-state index in [1.807, 2.05) is 0 Å². The fourth-order valence-corrected chi connectivity index (χ4v) is 1.77. The van der Waals surface area contributed by atoms with Crippen LogP contribution in [0.15, 0.2) is 18.2 Å². The van der Waals surface area contributed by atoms with Gasteiger partial charge in [0.1, 0.15) is 0 Å². The molecule has 0 saturated heterocycles.